The molecule has 1 N–H and O–H groups in total. The second-order valence-corrected chi connectivity index (χ2v) is 3.73. The summed E-state index contributed by atoms with van der Waals surface area (Å²) in [5.74, 6) is 0.548. The van der Waals surface area contributed by atoms with Crippen LogP contribution < -0.4 is 10.1 Å². The quantitative estimate of drug-likeness (QED) is 0.865. The lowest BCUT2D eigenvalue weighted by Crippen LogP contribution is -2.11. The molecular formula is C10H13ClN2O2. The van der Waals surface area contributed by atoms with Crippen molar-refractivity contribution in [3.63, 3.8) is 0 Å². The topological polar surface area (TPSA) is 51.2 Å². The normalized spacial score (nSPS) is 10.2. The van der Waals surface area contributed by atoms with Crippen molar-refractivity contribution in [2.24, 2.45) is 0 Å². The van der Waals surface area contributed by atoms with Crippen LogP contribution >= 0.6 is 11.6 Å². The number of carbonyl (C=O) groups excluding carboxylic acids is 1. The van der Waals surface area contributed by atoms with Crippen molar-refractivity contribution in [1.29, 1.82) is 0 Å². The van der Waals surface area contributed by atoms with Crippen LogP contribution in [0.4, 0.5) is 5.82 Å². The number of nitrogens with one attached hydrogen (secondary N) is 1. The lowest BCUT2D eigenvalue weighted by molar-refractivity contribution is -0.114. The van der Waals surface area contributed by atoms with E-state index in [-0.39, 0.29) is 12.0 Å². The van der Waals surface area contributed by atoms with Crippen molar-refractivity contribution in [2.45, 2.75) is 26.9 Å². The molecule has 1 amide bonds. The number of pyridine rings is 1. The van der Waals surface area contributed by atoms with Crippen LogP contribution in [0.3, 0.4) is 0 Å². The van der Waals surface area contributed by atoms with Crippen LogP contribution in [-0.2, 0) is 4.79 Å². The van der Waals surface area contributed by atoms with Crippen molar-refractivity contribution in [2.75, 3.05) is 5.32 Å². The van der Waals surface area contributed by atoms with Gasteiger partial charge in [-0.05, 0) is 19.9 Å². The van der Waals surface area contributed by atoms with Crippen molar-refractivity contribution >= 4 is 23.3 Å². The number of nitrogens with zero attached hydrogens (tertiary/aromatic N) is 1. The lowest BCUT2D eigenvalue weighted by Gasteiger charge is -2.10. The number of hydrogen-bond acceptors (Lipinski definition) is 3. The fourth-order valence-electron chi connectivity index (χ4n) is 0.986. The molecule has 0 atom stereocenters. The highest BCUT2D eigenvalue weighted by atomic mass is 35.5. The van der Waals surface area contributed by atoms with Gasteiger partial charge >= 0.3 is 0 Å². The zero-order valence-corrected chi connectivity index (χ0v) is 9.63. The Morgan fingerprint density at radius 3 is 2.73 bits per heavy atom. The van der Waals surface area contributed by atoms with E-state index < -0.39 is 0 Å². The predicted octanol–water partition coefficient (Wildman–Crippen LogP) is 2.48. The highest BCUT2D eigenvalue weighted by Crippen LogP contribution is 2.22. The summed E-state index contributed by atoms with van der Waals surface area (Å²) in [4.78, 5) is 14.9. The summed E-state index contributed by atoms with van der Waals surface area (Å²) in [5, 5.41) is 2.91. The van der Waals surface area contributed by atoms with Gasteiger partial charge in [0, 0.05) is 13.0 Å². The second-order valence-electron chi connectivity index (χ2n) is 3.33. The Hall–Kier alpha value is -1.29. The third kappa shape index (κ3) is 3.75. The molecule has 5 heteroatoms. The molecule has 0 bridgehead atoms. The number of halogens is 1. The Morgan fingerprint density at radius 1 is 1.53 bits per heavy atom. The molecule has 1 rings (SSSR count). The molecule has 0 aromatic carbocycles. The van der Waals surface area contributed by atoms with Crippen molar-refractivity contribution in [1.82, 2.24) is 4.98 Å². The zero-order valence-electron chi connectivity index (χ0n) is 8.87. The van der Waals surface area contributed by atoms with Crippen LogP contribution in [0.2, 0.25) is 5.02 Å². The maximum Gasteiger partial charge on any atom is 0.222 e. The highest BCUT2D eigenvalue weighted by Gasteiger charge is 2.07. The van der Waals surface area contributed by atoms with Crippen LogP contribution in [0.5, 0.6) is 5.88 Å². The fourth-order valence-corrected chi connectivity index (χ4v) is 1.14. The van der Waals surface area contributed by atoms with Gasteiger partial charge in [0.25, 0.3) is 0 Å². The Labute approximate surface area is 93.6 Å². The minimum absolute atomic E-state index is 0.0313. The third-order valence-corrected chi connectivity index (χ3v) is 1.78. The van der Waals surface area contributed by atoms with Crippen molar-refractivity contribution in [3.8, 4) is 5.88 Å². The average Bonchev–Trinajstić information content (AvgIpc) is 2.09. The van der Waals surface area contributed by atoms with Crippen molar-refractivity contribution in [3.05, 3.63) is 17.2 Å². The summed E-state index contributed by atoms with van der Waals surface area (Å²) in [6, 6.07) is 3.30. The Bertz CT molecular complexity index is 366. The first-order chi connectivity index (χ1) is 6.99. The van der Waals surface area contributed by atoms with Gasteiger partial charge in [0.2, 0.25) is 11.8 Å². The lowest BCUT2D eigenvalue weighted by atomic mass is 10.4. The maximum atomic E-state index is 10.8. The van der Waals surface area contributed by atoms with E-state index in [9.17, 15) is 4.79 Å². The second kappa shape index (κ2) is 4.98. The van der Waals surface area contributed by atoms with Crippen LogP contribution in [-0.4, -0.2) is 17.0 Å². The van der Waals surface area contributed by atoms with E-state index in [2.05, 4.69) is 10.3 Å². The SMILES string of the molecule is CC(=O)Nc1nc(OC(C)C)ccc1Cl. The molecule has 1 aromatic heterocycles. The maximum absolute atomic E-state index is 10.8. The first-order valence-electron chi connectivity index (χ1n) is 4.60. The molecule has 82 valence electrons. The molecule has 1 heterocycles. The number of aromatic nitrogens is 1. The number of rotatable bonds is 3. The van der Waals surface area contributed by atoms with E-state index in [1.807, 2.05) is 13.8 Å². The predicted molar refractivity (Wildman–Crippen MR) is 59.3 cm³/mol. The van der Waals surface area contributed by atoms with Gasteiger partial charge < -0.3 is 10.1 Å². The Morgan fingerprint density at radius 2 is 2.20 bits per heavy atom. The van der Waals surface area contributed by atoms with Crippen LogP contribution in [0.15, 0.2) is 12.1 Å². The molecule has 0 aliphatic heterocycles. The van der Waals surface area contributed by atoms with E-state index in [0.717, 1.165) is 0 Å². The van der Waals surface area contributed by atoms with E-state index >= 15 is 0 Å². The van der Waals surface area contributed by atoms with Gasteiger partial charge in [0.1, 0.15) is 0 Å². The molecule has 15 heavy (non-hydrogen) atoms. The summed E-state index contributed by atoms with van der Waals surface area (Å²) in [5.41, 5.74) is 0. The molecule has 0 aliphatic rings. The Kier molecular flexibility index (Phi) is 3.91. The molecule has 0 fully saturated rings. The molecule has 1 aromatic rings. The summed E-state index contributed by atoms with van der Waals surface area (Å²) in [6.45, 7) is 5.19. The van der Waals surface area contributed by atoms with Crippen LogP contribution in [0, 0.1) is 0 Å². The molecular weight excluding hydrogens is 216 g/mol. The number of anilines is 1. The third-order valence-electron chi connectivity index (χ3n) is 1.47. The number of amides is 1. The van der Waals surface area contributed by atoms with Gasteiger partial charge in [-0.15, -0.1) is 0 Å². The van der Waals surface area contributed by atoms with Crippen LogP contribution in [0.25, 0.3) is 0 Å². The number of hydrogen-bond donors (Lipinski definition) is 1. The highest BCUT2D eigenvalue weighted by molar-refractivity contribution is 6.33. The smallest absolute Gasteiger partial charge is 0.222 e. The summed E-state index contributed by atoms with van der Waals surface area (Å²) >= 11 is 5.84. The summed E-state index contributed by atoms with van der Waals surface area (Å²) in [6.07, 6.45) is 0.0313. The van der Waals surface area contributed by atoms with Crippen LogP contribution in [0.1, 0.15) is 20.8 Å². The first-order valence-corrected chi connectivity index (χ1v) is 4.97. The standard InChI is InChI=1S/C10H13ClN2O2/c1-6(2)15-9-5-4-8(11)10(13-9)12-7(3)14/h4-6H,1-3H3,(H,12,13,14). The van der Waals surface area contributed by atoms with E-state index in [1.165, 1.54) is 6.92 Å². The number of ether oxygens (including phenoxy) is 1. The van der Waals surface area contributed by atoms with Gasteiger partial charge in [-0.2, -0.15) is 4.98 Å². The largest absolute Gasteiger partial charge is 0.475 e. The summed E-state index contributed by atoms with van der Waals surface area (Å²) in [7, 11) is 0. The molecule has 0 unspecified atom stereocenters. The molecule has 0 spiro atoms. The summed E-state index contributed by atoms with van der Waals surface area (Å²) < 4.78 is 5.37. The van der Waals surface area contributed by atoms with E-state index in [0.29, 0.717) is 16.7 Å². The Balaban J connectivity index is 2.89. The zero-order chi connectivity index (χ0) is 11.4. The number of carbonyl (C=O) groups is 1. The van der Waals surface area contributed by atoms with Gasteiger partial charge in [-0.25, -0.2) is 0 Å². The minimum Gasteiger partial charge on any atom is -0.475 e. The van der Waals surface area contributed by atoms with Gasteiger partial charge in [0.15, 0.2) is 5.82 Å². The molecule has 0 saturated heterocycles. The average molecular weight is 229 g/mol. The van der Waals surface area contributed by atoms with Gasteiger partial charge in [0.05, 0.1) is 11.1 Å². The van der Waals surface area contributed by atoms with Gasteiger partial charge in [-0.1, -0.05) is 11.6 Å². The molecule has 0 radical (unpaired) electrons. The first kappa shape index (κ1) is 11.8. The monoisotopic (exact) mass is 228 g/mol. The van der Waals surface area contributed by atoms with Crippen molar-refractivity contribution < 1.29 is 9.53 Å². The molecule has 0 aliphatic carbocycles. The van der Waals surface area contributed by atoms with Gasteiger partial charge in [-0.3, -0.25) is 4.79 Å². The minimum atomic E-state index is -0.217. The molecule has 0 saturated carbocycles. The van der Waals surface area contributed by atoms with E-state index in [4.69, 9.17) is 16.3 Å². The molecule has 4 nitrogen and oxygen atoms in total. The van der Waals surface area contributed by atoms with E-state index in [1.54, 1.807) is 12.1 Å². The fraction of sp³-hybridized carbons (Fsp3) is 0.400.